The number of nitrogens with two attached hydrogens (primary N) is 1. The lowest BCUT2D eigenvalue weighted by Crippen LogP contribution is -2.51. The van der Waals surface area contributed by atoms with Crippen LogP contribution in [0.2, 0.25) is 0 Å². The van der Waals surface area contributed by atoms with Crippen LogP contribution in [-0.4, -0.2) is 61.6 Å². The van der Waals surface area contributed by atoms with Crippen LogP contribution in [0.1, 0.15) is 18.4 Å². The van der Waals surface area contributed by atoms with Crippen molar-refractivity contribution in [1.29, 1.82) is 0 Å². The third kappa shape index (κ3) is 5.01. The van der Waals surface area contributed by atoms with Gasteiger partial charge in [0.1, 0.15) is 0 Å². The number of methoxy groups -OCH3 is 1. The molecule has 2 rings (SSSR count). The molecular weight excluding hydrogens is 358 g/mol. The molecule has 0 saturated carbocycles. The molecule has 5 nitrogen and oxygen atoms in total. The van der Waals surface area contributed by atoms with Crippen LogP contribution in [-0.2, 0) is 16.1 Å². The number of hydrogen-bond acceptors (Lipinski definition) is 4. The highest BCUT2D eigenvalue weighted by Gasteiger charge is 2.29. The van der Waals surface area contributed by atoms with Gasteiger partial charge in [-0.15, -0.1) is 0 Å². The van der Waals surface area contributed by atoms with Gasteiger partial charge in [-0.05, 0) is 24.5 Å². The van der Waals surface area contributed by atoms with Gasteiger partial charge in [0, 0.05) is 44.3 Å². The molecule has 1 aromatic rings. The van der Waals surface area contributed by atoms with Crippen LogP contribution < -0.4 is 5.73 Å². The summed E-state index contributed by atoms with van der Waals surface area (Å²) >= 11 is 3.53. The van der Waals surface area contributed by atoms with Gasteiger partial charge in [-0.1, -0.05) is 34.1 Å². The van der Waals surface area contributed by atoms with Gasteiger partial charge in [0.25, 0.3) is 0 Å². The Morgan fingerprint density at radius 3 is 2.87 bits per heavy atom. The van der Waals surface area contributed by atoms with E-state index in [-0.39, 0.29) is 18.1 Å². The first-order chi connectivity index (χ1) is 11.0. The molecule has 0 bridgehead atoms. The average molecular weight is 384 g/mol. The Kier molecular flexibility index (Phi) is 7.02. The number of carbonyl (C=O) groups excluding carboxylic acids is 1. The molecule has 1 aliphatic heterocycles. The van der Waals surface area contributed by atoms with Crippen LogP contribution in [0.3, 0.4) is 0 Å². The predicted molar refractivity (Wildman–Crippen MR) is 95.1 cm³/mol. The lowest BCUT2D eigenvalue weighted by atomic mass is 9.99. The van der Waals surface area contributed by atoms with E-state index in [1.54, 1.807) is 12.0 Å². The van der Waals surface area contributed by atoms with E-state index in [0.29, 0.717) is 19.6 Å². The molecule has 6 heteroatoms. The van der Waals surface area contributed by atoms with E-state index in [2.05, 4.69) is 20.8 Å². The summed E-state index contributed by atoms with van der Waals surface area (Å²) in [7, 11) is 3.59. The van der Waals surface area contributed by atoms with Crippen molar-refractivity contribution in [2.24, 2.45) is 5.73 Å². The summed E-state index contributed by atoms with van der Waals surface area (Å²) in [6, 6.07) is 8.20. The van der Waals surface area contributed by atoms with E-state index in [1.165, 1.54) is 0 Å². The number of ether oxygens (including phenoxy) is 1. The maximum absolute atomic E-state index is 12.5. The van der Waals surface area contributed by atoms with E-state index >= 15 is 0 Å². The molecule has 2 N–H and O–H groups in total. The standard InChI is InChI=1S/C17H26BrN3O2/c1-20(11-13-5-3-4-6-16(13)18)17(22)12-21-8-7-15(23-2)9-14(21)10-19/h3-6,14-15H,7-12,19H2,1-2H3. The first-order valence-electron chi connectivity index (χ1n) is 7.99. The van der Waals surface area contributed by atoms with E-state index in [9.17, 15) is 4.79 Å². The topological polar surface area (TPSA) is 58.8 Å². The largest absolute Gasteiger partial charge is 0.381 e. The molecule has 1 aromatic carbocycles. The van der Waals surface area contributed by atoms with Crippen molar-refractivity contribution in [2.75, 3.05) is 33.8 Å². The summed E-state index contributed by atoms with van der Waals surface area (Å²) in [6.45, 7) is 2.43. The van der Waals surface area contributed by atoms with Gasteiger partial charge in [0.15, 0.2) is 0 Å². The Labute approximate surface area is 146 Å². The van der Waals surface area contributed by atoms with Crippen LogP contribution in [0.15, 0.2) is 28.7 Å². The first kappa shape index (κ1) is 18.4. The summed E-state index contributed by atoms with van der Waals surface area (Å²) in [5.41, 5.74) is 6.99. The normalized spacial score (nSPS) is 22.1. The van der Waals surface area contributed by atoms with E-state index in [1.807, 2.05) is 31.3 Å². The van der Waals surface area contributed by atoms with Crippen LogP contribution in [0.25, 0.3) is 0 Å². The second-order valence-electron chi connectivity index (χ2n) is 6.08. The maximum Gasteiger partial charge on any atom is 0.236 e. The molecule has 1 aliphatic rings. The van der Waals surface area contributed by atoms with E-state index in [4.69, 9.17) is 10.5 Å². The molecule has 23 heavy (non-hydrogen) atoms. The van der Waals surface area contributed by atoms with Crippen LogP contribution in [0, 0.1) is 0 Å². The molecule has 1 amide bonds. The van der Waals surface area contributed by atoms with Crippen molar-refractivity contribution in [3.05, 3.63) is 34.3 Å². The Hall–Kier alpha value is -0.950. The minimum atomic E-state index is 0.120. The van der Waals surface area contributed by atoms with Crippen molar-refractivity contribution >= 4 is 21.8 Å². The van der Waals surface area contributed by atoms with Gasteiger partial charge < -0.3 is 15.4 Å². The summed E-state index contributed by atoms with van der Waals surface area (Å²) in [6.07, 6.45) is 2.11. The van der Waals surface area contributed by atoms with Gasteiger partial charge in [0.2, 0.25) is 5.91 Å². The zero-order valence-electron chi connectivity index (χ0n) is 13.9. The molecule has 1 saturated heterocycles. The zero-order chi connectivity index (χ0) is 16.8. The van der Waals surface area contributed by atoms with Gasteiger partial charge in [-0.25, -0.2) is 0 Å². The second kappa shape index (κ2) is 8.78. The fraction of sp³-hybridized carbons (Fsp3) is 0.588. The number of piperidine rings is 1. The van der Waals surface area contributed by atoms with Crippen molar-refractivity contribution < 1.29 is 9.53 Å². The Morgan fingerprint density at radius 1 is 1.48 bits per heavy atom. The molecule has 2 unspecified atom stereocenters. The number of hydrogen-bond donors (Lipinski definition) is 1. The summed E-state index contributed by atoms with van der Waals surface area (Å²) in [5.74, 6) is 0.120. The number of nitrogens with zero attached hydrogens (tertiary/aromatic N) is 2. The number of rotatable bonds is 6. The molecule has 0 spiro atoms. The number of amides is 1. The van der Waals surface area contributed by atoms with Crippen LogP contribution in [0.4, 0.5) is 0 Å². The lowest BCUT2D eigenvalue weighted by molar-refractivity contribution is -0.133. The molecule has 1 heterocycles. The Morgan fingerprint density at radius 2 is 2.22 bits per heavy atom. The van der Waals surface area contributed by atoms with Crippen LogP contribution in [0.5, 0.6) is 0 Å². The third-order valence-corrected chi connectivity index (χ3v) is 5.30. The molecular formula is C17H26BrN3O2. The van der Waals surface area contributed by atoms with Crippen molar-refractivity contribution in [3.8, 4) is 0 Å². The second-order valence-corrected chi connectivity index (χ2v) is 6.94. The average Bonchev–Trinajstić information content (AvgIpc) is 2.57. The molecule has 0 radical (unpaired) electrons. The lowest BCUT2D eigenvalue weighted by Gasteiger charge is -2.38. The smallest absolute Gasteiger partial charge is 0.236 e. The zero-order valence-corrected chi connectivity index (χ0v) is 15.5. The molecule has 128 valence electrons. The summed E-state index contributed by atoms with van der Waals surface area (Å²) in [5, 5.41) is 0. The van der Waals surface area contributed by atoms with Crippen molar-refractivity contribution in [2.45, 2.75) is 31.5 Å². The monoisotopic (exact) mass is 383 g/mol. The fourth-order valence-electron chi connectivity index (χ4n) is 3.00. The molecule has 2 atom stereocenters. The van der Waals surface area contributed by atoms with Gasteiger partial charge in [-0.2, -0.15) is 0 Å². The quantitative estimate of drug-likeness (QED) is 0.813. The van der Waals surface area contributed by atoms with E-state index in [0.717, 1.165) is 29.4 Å². The SMILES string of the molecule is COC1CCN(CC(=O)N(C)Cc2ccccc2Br)C(CN)C1. The number of benzene rings is 1. The summed E-state index contributed by atoms with van der Waals surface area (Å²) < 4.78 is 6.46. The van der Waals surface area contributed by atoms with Gasteiger partial charge >= 0.3 is 0 Å². The number of likely N-dealkylation sites (N-methyl/N-ethyl adjacent to an activating group) is 1. The summed E-state index contributed by atoms with van der Waals surface area (Å²) in [4.78, 5) is 16.5. The fourth-order valence-corrected chi connectivity index (χ4v) is 3.41. The number of likely N-dealkylation sites (tertiary alicyclic amines) is 1. The Bertz CT molecular complexity index is 526. The number of carbonyl (C=O) groups is 1. The third-order valence-electron chi connectivity index (χ3n) is 4.52. The molecule has 0 aromatic heterocycles. The highest BCUT2D eigenvalue weighted by molar-refractivity contribution is 9.10. The van der Waals surface area contributed by atoms with Crippen molar-refractivity contribution in [3.63, 3.8) is 0 Å². The number of halogens is 1. The maximum atomic E-state index is 12.5. The first-order valence-corrected chi connectivity index (χ1v) is 8.78. The predicted octanol–water partition coefficient (Wildman–Crippen LogP) is 1.85. The Balaban J connectivity index is 1.91. The molecule has 1 fully saturated rings. The highest BCUT2D eigenvalue weighted by atomic mass is 79.9. The van der Waals surface area contributed by atoms with Gasteiger partial charge in [0.05, 0.1) is 12.6 Å². The van der Waals surface area contributed by atoms with Crippen LogP contribution >= 0.6 is 15.9 Å². The minimum Gasteiger partial charge on any atom is -0.381 e. The van der Waals surface area contributed by atoms with Gasteiger partial charge in [-0.3, -0.25) is 9.69 Å². The molecule has 0 aliphatic carbocycles. The minimum absolute atomic E-state index is 0.120. The highest BCUT2D eigenvalue weighted by Crippen LogP contribution is 2.20. The van der Waals surface area contributed by atoms with E-state index < -0.39 is 0 Å². The van der Waals surface area contributed by atoms with Crippen molar-refractivity contribution in [1.82, 2.24) is 9.80 Å².